The van der Waals surface area contributed by atoms with E-state index >= 15 is 0 Å². The number of nitrogens with zero attached hydrogens (tertiary/aromatic N) is 1. The maximum atomic E-state index is 10.2. The van der Waals surface area contributed by atoms with E-state index in [1.807, 2.05) is 42.5 Å². The molecule has 2 atom stereocenters. The number of aliphatic hydroxyl groups excluding tert-OH is 1. The van der Waals surface area contributed by atoms with Crippen molar-refractivity contribution in [3.63, 3.8) is 0 Å². The van der Waals surface area contributed by atoms with Gasteiger partial charge in [-0.25, -0.2) is 0 Å². The molecule has 2 unspecified atom stereocenters. The molecule has 1 N–H and O–H groups in total. The Kier molecular flexibility index (Phi) is 8.19. The number of hydrogen-bond acceptors (Lipinski definition) is 4. The molecule has 136 valence electrons. The second-order valence-electron chi connectivity index (χ2n) is 5.95. The van der Waals surface area contributed by atoms with E-state index in [0.29, 0.717) is 19.8 Å². The molecular formula is C19H23BrClNO3. The monoisotopic (exact) mass is 427 g/mol. The second-order valence-corrected chi connectivity index (χ2v) is 6.86. The Morgan fingerprint density at radius 1 is 1.16 bits per heavy atom. The van der Waals surface area contributed by atoms with Crippen LogP contribution in [0.1, 0.15) is 11.7 Å². The second kappa shape index (κ2) is 10.1. The van der Waals surface area contributed by atoms with Crippen LogP contribution in [-0.2, 0) is 4.74 Å². The van der Waals surface area contributed by atoms with Gasteiger partial charge in [0, 0.05) is 24.1 Å². The first kappa shape index (κ1) is 20.2. The summed E-state index contributed by atoms with van der Waals surface area (Å²) in [5.41, 5.74) is 1.16. The van der Waals surface area contributed by atoms with Crippen molar-refractivity contribution in [3.8, 4) is 5.75 Å². The van der Waals surface area contributed by atoms with E-state index in [4.69, 9.17) is 9.47 Å². The van der Waals surface area contributed by atoms with Crippen LogP contribution in [0, 0.1) is 0 Å². The number of halogens is 2. The lowest BCUT2D eigenvalue weighted by atomic mass is 10.1. The van der Waals surface area contributed by atoms with Gasteiger partial charge in [0.1, 0.15) is 18.5 Å². The highest BCUT2D eigenvalue weighted by Crippen LogP contribution is 2.24. The number of morpholine rings is 1. The fourth-order valence-electron chi connectivity index (χ4n) is 2.81. The molecule has 1 aliphatic rings. The van der Waals surface area contributed by atoms with Crippen LogP contribution in [0.4, 0.5) is 0 Å². The normalized spacial score (nSPS) is 19.0. The van der Waals surface area contributed by atoms with E-state index in [9.17, 15) is 5.11 Å². The van der Waals surface area contributed by atoms with Gasteiger partial charge >= 0.3 is 0 Å². The number of ether oxygens (including phenoxy) is 2. The SMILES string of the molecule is Cl.OC(COc1ccccc1)CN1CCOC(c2ccc(Br)cc2)C1. The zero-order valence-corrected chi connectivity index (χ0v) is 16.3. The molecule has 4 nitrogen and oxygen atoms in total. The molecule has 0 saturated carbocycles. The van der Waals surface area contributed by atoms with Crippen molar-refractivity contribution in [2.45, 2.75) is 12.2 Å². The predicted octanol–water partition coefficient (Wildman–Crippen LogP) is 3.68. The van der Waals surface area contributed by atoms with Crippen molar-refractivity contribution in [2.75, 3.05) is 32.8 Å². The lowest BCUT2D eigenvalue weighted by molar-refractivity contribution is -0.0459. The van der Waals surface area contributed by atoms with E-state index < -0.39 is 6.10 Å². The van der Waals surface area contributed by atoms with Gasteiger partial charge in [0.05, 0.1) is 12.7 Å². The molecule has 2 aromatic carbocycles. The van der Waals surface area contributed by atoms with Crippen LogP contribution in [0.2, 0.25) is 0 Å². The Hall–Kier alpha value is -1.11. The lowest BCUT2D eigenvalue weighted by Crippen LogP contribution is -2.43. The average molecular weight is 429 g/mol. The summed E-state index contributed by atoms with van der Waals surface area (Å²) in [6.07, 6.45) is -0.469. The zero-order valence-electron chi connectivity index (χ0n) is 13.9. The molecule has 3 rings (SSSR count). The van der Waals surface area contributed by atoms with E-state index in [1.54, 1.807) is 0 Å². The minimum Gasteiger partial charge on any atom is -0.491 e. The number of benzene rings is 2. The highest BCUT2D eigenvalue weighted by molar-refractivity contribution is 9.10. The van der Waals surface area contributed by atoms with E-state index in [0.717, 1.165) is 28.9 Å². The smallest absolute Gasteiger partial charge is 0.119 e. The van der Waals surface area contributed by atoms with Crippen LogP contribution in [0.25, 0.3) is 0 Å². The average Bonchev–Trinajstić information content (AvgIpc) is 2.62. The quantitative estimate of drug-likeness (QED) is 0.762. The minimum absolute atomic E-state index is 0. The van der Waals surface area contributed by atoms with E-state index in [-0.39, 0.29) is 18.5 Å². The van der Waals surface area contributed by atoms with Crippen molar-refractivity contribution < 1.29 is 14.6 Å². The summed E-state index contributed by atoms with van der Waals surface area (Å²) in [4.78, 5) is 2.23. The third-order valence-corrected chi connectivity index (χ3v) is 4.58. The first-order valence-corrected chi connectivity index (χ1v) is 8.95. The summed E-state index contributed by atoms with van der Waals surface area (Å²) in [7, 11) is 0. The van der Waals surface area contributed by atoms with Crippen molar-refractivity contribution in [1.29, 1.82) is 0 Å². The van der Waals surface area contributed by atoms with Crippen LogP contribution < -0.4 is 4.74 Å². The highest BCUT2D eigenvalue weighted by atomic mass is 79.9. The molecule has 1 heterocycles. The molecule has 1 fully saturated rings. The van der Waals surface area contributed by atoms with Crippen LogP contribution in [-0.4, -0.2) is 49.0 Å². The summed E-state index contributed by atoms with van der Waals surface area (Å²) in [6, 6.07) is 17.8. The van der Waals surface area contributed by atoms with E-state index in [2.05, 4.69) is 33.0 Å². The van der Waals surface area contributed by atoms with Crippen molar-refractivity contribution in [3.05, 3.63) is 64.6 Å². The maximum absolute atomic E-state index is 10.2. The molecule has 25 heavy (non-hydrogen) atoms. The van der Waals surface area contributed by atoms with Gasteiger partial charge in [0.25, 0.3) is 0 Å². The Labute approximate surface area is 163 Å². The molecule has 1 aliphatic heterocycles. The molecule has 0 spiro atoms. The zero-order chi connectivity index (χ0) is 16.8. The number of aliphatic hydroxyl groups is 1. The molecule has 0 aliphatic carbocycles. The van der Waals surface area contributed by atoms with Gasteiger partial charge in [-0.3, -0.25) is 4.90 Å². The molecule has 0 radical (unpaired) electrons. The molecular weight excluding hydrogens is 406 g/mol. The summed E-state index contributed by atoms with van der Waals surface area (Å²) >= 11 is 3.45. The number of para-hydroxylation sites is 1. The summed E-state index contributed by atoms with van der Waals surface area (Å²) in [5, 5.41) is 10.2. The molecule has 2 aromatic rings. The van der Waals surface area contributed by atoms with Gasteiger partial charge in [0.15, 0.2) is 0 Å². The fourth-order valence-corrected chi connectivity index (χ4v) is 3.07. The first-order valence-electron chi connectivity index (χ1n) is 8.16. The van der Waals surface area contributed by atoms with Crippen LogP contribution in [0.5, 0.6) is 5.75 Å². The highest BCUT2D eigenvalue weighted by Gasteiger charge is 2.23. The summed E-state index contributed by atoms with van der Waals surface area (Å²) in [5.74, 6) is 0.784. The van der Waals surface area contributed by atoms with Gasteiger partial charge in [-0.15, -0.1) is 12.4 Å². The molecule has 0 aromatic heterocycles. The third kappa shape index (κ3) is 6.28. The number of rotatable bonds is 6. The Balaban J connectivity index is 0.00000225. The Bertz CT molecular complexity index is 626. The first-order chi connectivity index (χ1) is 11.7. The summed E-state index contributed by atoms with van der Waals surface area (Å²) < 4.78 is 12.6. The topological polar surface area (TPSA) is 41.9 Å². The van der Waals surface area contributed by atoms with Gasteiger partial charge < -0.3 is 14.6 Å². The van der Waals surface area contributed by atoms with Crippen LogP contribution in [0.3, 0.4) is 0 Å². The Morgan fingerprint density at radius 2 is 1.88 bits per heavy atom. The van der Waals surface area contributed by atoms with Crippen molar-refractivity contribution in [1.82, 2.24) is 4.90 Å². The van der Waals surface area contributed by atoms with Gasteiger partial charge in [-0.2, -0.15) is 0 Å². The molecule has 6 heteroatoms. The molecule has 1 saturated heterocycles. The van der Waals surface area contributed by atoms with Crippen LogP contribution in [0.15, 0.2) is 59.1 Å². The standard InChI is InChI=1S/C19H22BrNO3.ClH/c20-16-8-6-15(7-9-16)19-13-21(10-11-23-19)12-17(22)14-24-18-4-2-1-3-5-18;/h1-9,17,19,22H,10-14H2;1H. The maximum Gasteiger partial charge on any atom is 0.119 e. The fraction of sp³-hybridized carbons (Fsp3) is 0.368. The lowest BCUT2D eigenvalue weighted by Gasteiger charge is -2.34. The van der Waals surface area contributed by atoms with Crippen molar-refractivity contribution >= 4 is 28.3 Å². The van der Waals surface area contributed by atoms with E-state index in [1.165, 1.54) is 0 Å². The number of β-amino-alcohol motifs (C(OH)–C–C–N with tert-alkyl or cyclic N) is 1. The van der Waals surface area contributed by atoms with Crippen molar-refractivity contribution in [2.24, 2.45) is 0 Å². The predicted molar refractivity (Wildman–Crippen MR) is 104 cm³/mol. The van der Waals surface area contributed by atoms with Crippen LogP contribution >= 0.6 is 28.3 Å². The minimum atomic E-state index is -0.520. The number of hydrogen-bond donors (Lipinski definition) is 1. The largest absolute Gasteiger partial charge is 0.491 e. The third-order valence-electron chi connectivity index (χ3n) is 4.05. The van der Waals surface area contributed by atoms with Gasteiger partial charge in [0.2, 0.25) is 0 Å². The van der Waals surface area contributed by atoms with Gasteiger partial charge in [-0.05, 0) is 29.8 Å². The molecule has 0 amide bonds. The molecule has 0 bridgehead atoms. The summed E-state index contributed by atoms with van der Waals surface area (Å²) in [6.45, 7) is 3.17. The van der Waals surface area contributed by atoms with Gasteiger partial charge in [-0.1, -0.05) is 46.3 Å². The Morgan fingerprint density at radius 3 is 2.60 bits per heavy atom.